The van der Waals surface area contributed by atoms with Crippen LogP contribution in [0.2, 0.25) is 5.02 Å². The second-order valence-corrected chi connectivity index (χ2v) is 5.76. The summed E-state index contributed by atoms with van der Waals surface area (Å²) >= 11 is 6.22. The summed E-state index contributed by atoms with van der Waals surface area (Å²) in [5.74, 6) is 2.46. The molecule has 0 saturated carbocycles. The molecular weight excluding hydrogens is 246 g/mol. The van der Waals surface area contributed by atoms with E-state index in [-0.39, 0.29) is 0 Å². The molecule has 0 amide bonds. The van der Waals surface area contributed by atoms with Gasteiger partial charge in [-0.1, -0.05) is 25.4 Å². The van der Waals surface area contributed by atoms with Gasteiger partial charge in [0.25, 0.3) is 0 Å². The van der Waals surface area contributed by atoms with E-state index in [0.29, 0.717) is 0 Å². The van der Waals surface area contributed by atoms with E-state index >= 15 is 0 Å². The minimum atomic E-state index is 0.755. The minimum Gasteiger partial charge on any atom is -0.373 e. The number of hydrogen-bond acceptors (Lipinski definition) is 3. The molecule has 1 saturated heterocycles. The zero-order valence-electron chi connectivity index (χ0n) is 11.4. The van der Waals surface area contributed by atoms with Crippen molar-refractivity contribution in [2.45, 2.75) is 26.8 Å². The fourth-order valence-corrected chi connectivity index (χ4v) is 2.60. The lowest BCUT2D eigenvalue weighted by atomic mass is 9.88. The Kier molecular flexibility index (Phi) is 4.46. The molecule has 1 fully saturated rings. The first-order valence-electron chi connectivity index (χ1n) is 6.65. The van der Waals surface area contributed by atoms with Crippen molar-refractivity contribution in [2.24, 2.45) is 11.8 Å². The van der Waals surface area contributed by atoms with Crippen LogP contribution in [0.15, 0.2) is 12.1 Å². The van der Waals surface area contributed by atoms with E-state index in [0.717, 1.165) is 48.0 Å². The summed E-state index contributed by atoms with van der Waals surface area (Å²) in [6, 6.07) is 3.83. The lowest BCUT2D eigenvalue weighted by molar-refractivity contribution is 0.131. The highest BCUT2D eigenvalue weighted by atomic mass is 35.5. The van der Waals surface area contributed by atoms with Crippen molar-refractivity contribution in [3.63, 3.8) is 0 Å². The number of halogens is 1. The summed E-state index contributed by atoms with van der Waals surface area (Å²) in [5.41, 5.74) is 0.977. The standard InChI is InChI=1S/C14H22ClN3/c1-10-6-7-18(8-11(10)2)9-13-12(15)4-5-14(16-3)17-13/h4-5,10-11H,6-9H2,1-3H3,(H,16,17). The molecule has 0 radical (unpaired) electrons. The van der Waals surface area contributed by atoms with Gasteiger partial charge in [-0.2, -0.15) is 0 Å². The van der Waals surface area contributed by atoms with Crippen molar-refractivity contribution in [3.8, 4) is 0 Å². The average Bonchev–Trinajstić information content (AvgIpc) is 2.36. The highest BCUT2D eigenvalue weighted by Crippen LogP contribution is 2.25. The van der Waals surface area contributed by atoms with Crippen LogP contribution in [0.1, 0.15) is 26.0 Å². The summed E-state index contributed by atoms with van der Waals surface area (Å²) in [6.45, 7) is 7.81. The normalized spacial score (nSPS) is 25.1. The molecule has 0 bridgehead atoms. The Labute approximate surface area is 115 Å². The van der Waals surface area contributed by atoms with Gasteiger partial charge in [-0.25, -0.2) is 4.98 Å². The lowest BCUT2D eigenvalue weighted by Crippen LogP contribution is -2.38. The van der Waals surface area contributed by atoms with Gasteiger partial charge in [0.15, 0.2) is 0 Å². The highest BCUT2D eigenvalue weighted by Gasteiger charge is 2.23. The molecule has 100 valence electrons. The molecule has 2 heterocycles. The van der Waals surface area contributed by atoms with Crippen LogP contribution in [0.5, 0.6) is 0 Å². The van der Waals surface area contributed by atoms with E-state index < -0.39 is 0 Å². The first kappa shape index (κ1) is 13.6. The van der Waals surface area contributed by atoms with Crippen LogP contribution >= 0.6 is 11.6 Å². The molecular formula is C14H22ClN3. The molecule has 1 aromatic rings. The molecule has 2 unspecified atom stereocenters. The molecule has 1 aromatic heterocycles. The third-order valence-corrected chi connectivity index (χ3v) is 4.31. The van der Waals surface area contributed by atoms with Gasteiger partial charge < -0.3 is 5.32 Å². The Morgan fingerprint density at radius 1 is 1.39 bits per heavy atom. The van der Waals surface area contributed by atoms with E-state index in [1.54, 1.807) is 0 Å². The number of aromatic nitrogens is 1. The maximum Gasteiger partial charge on any atom is 0.126 e. The predicted molar refractivity (Wildman–Crippen MR) is 77.0 cm³/mol. The van der Waals surface area contributed by atoms with Gasteiger partial charge in [-0.05, 0) is 36.9 Å². The quantitative estimate of drug-likeness (QED) is 0.911. The van der Waals surface area contributed by atoms with Crippen LogP contribution in [0, 0.1) is 11.8 Å². The third kappa shape index (κ3) is 3.15. The van der Waals surface area contributed by atoms with Crippen molar-refractivity contribution in [1.29, 1.82) is 0 Å². The second-order valence-electron chi connectivity index (χ2n) is 5.35. The van der Waals surface area contributed by atoms with Gasteiger partial charge in [0.05, 0.1) is 10.7 Å². The van der Waals surface area contributed by atoms with Crippen LogP contribution in [0.25, 0.3) is 0 Å². The van der Waals surface area contributed by atoms with E-state index in [1.165, 1.54) is 6.42 Å². The van der Waals surface area contributed by atoms with E-state index in [2.05, 4.69) is 29.0 Å². The molecule has 1 N–H and O–H groups in total. The molecule has 1 aliphatic heterocycles. The molecule has 0 aromatic carbocycles. The number of pyridine rings is 1. The molecule has 4 heteroatoms. The zero-order chi connectivity index (χ0) is 13.1. The summed E-state index contributed by atoms with van der Waals surface area (Å²) < 4.78 is 0. The van der Waals surface area contributed by atoms with Crippen molar-refractivity contribution in [3.05, 3.63) is 22.8 Å². The minimum absolute atomic E-state index is 0.755. The topological polar surface area (TPSA) is 28.2 Å². The summed E-state index contributed by atoms with van der Waals surface area (Å²) in [6.07, 6.45) is 1.27. The van der Waals surface area contributed by atoms with Crippen molar-refractivity contribution in [2.75, 3.05) is 25.5 Å². The van der Waals surface area contributed by atoms with Crippen LogP contribution < -0.4 is 5.32 Å². The van der Waals surface area contributed by atoms with Crippen LogP contribution in [-0.4, -0.2) is 30.0 Å². The summed E-state index contributed by atoms with van der Waals surface area (Å²) in [5, 5.41) is 3.82. The fourth-order valence-electron chi connectivity index (χ4n) is 2.44. The van der Waals surface area contributed by atoms with Gasteiger partial charge in [-0.15, -0.1) is 0 Å². The predicted octanol–water partition coefficient (Wildman–Crippen LogP) is 3.25. The average molecular weight is 268 g/mol. The molecule has 3 nitrogen and oxygen atoms in total. The van der Waals surface area contributed by atoms with Gasteiger partial charge in [0.1, 0.15) is 5.82 Å². The van der Waals surface area contributed by atoms with Crippen molar-refractivity contribution in [1.82, 2.24) is 9.88 Å². The van der Waals surface area contributed by atoms with Crippen LogP contribution in [0.4, 0.5) is 5.82 Å². The van der Waals surface area contributed by atoms with Gasteiger partial charge in [0.2, 0.25) is 0 Å². The summed E-state index contributed by atoms with van der Waals surface area (Å²) in [4.78, 5) is 7.00. The van der Waals surface area contributed by atoms with Crippen molar-refractivity contribution >= 4 is 17.4 Å². The number of anilines is 1. The molecule has 18 heavy (non-hydrogen) atoms. The number of piperidine rings is 1. The van der Waals surface area contributed by atoms with Crippen LogP contribution in [-0.2, 0) is 6.54 Å². The molecule has 2 atom stereocenters. The third-order valence-electron chi connectivity index (χ3n) is 3.97. The molecule has 1 aliphatic rings. The second kappa shape index (κ2) is 5.89. The van der Waals surface area contributed by atoms with Crippen LogP contribution in [0.3, 0.4) is 0 Å². The number of nitrogens with one attached hydrogen (secondary N) is 1. The maximum atomic E-state index is 6.22. The fraction of sp³-hybridized carbons (Fsp3) is 0.643. The molecule has 0 spiro atoms. The van der Waals surface area contributed by atoms with E-state index in [4.69, 9.17) is 11.6 Å². The largest absolute Gasteiger partial charge is 0.373 e. The number of hydrogen-bond donors (Lipinski definition) is 1. The Bertz CT molecular complexity index is 408. The maximum absolute atomic E-state index is 6.22. The highest BCUT2D eigenvalue weighted by molar-refractivity contribution is 6.31. The van der Waals surface area contributed by atoms with E-state index in [1.807, 2.05) is 19.2 Å². The first-order valence-corrected chi connectivity index (χ1v) is 7.03. The molecule has 2 rings (SSSR count). The first-order chi connectivity index (χ1) is 8.60. The summed E-state index contributed by atoms with van der Waals surface area (Å²) in [7, 11) is 1.88. The Balaban J connectivity index is 2.05. The Morgan fingerprint density at radius 2 is 2.17 bits per heavy atom. The monoisotopic (exact) mass is 267 g/mol. The van der Waals surface area contributed by atoms with Gasteiger partial charge in [0, 0.05) is 20.1 Å². The number of nitrogens with zero attached hydrogens (tertiary/aromatic N) is 2. The smallest absolute Gasteiger partial charge is 0.126 e. The van der Waals surface area contributed by atoms with Crippen molar-refractivity contribution < 1.29 is 0 Å². The zero-order valence-corrected chi connectivity index (χ0v) is 12.2. The lowest BCUT2D eigenvalue weighted by Gasteiger charge is -2.35. The number of rotatable bonds is 3. The van der Waals surface area contributed by atoms with Gasteiger partial charge in [-0.3, -0.25) is 4.90 Å². The van der Waals surface area contributed by atoms with E-state index in [9.17, 15) is 0 Å². The Morgan fingerprint density at radius 3 is 2.83 bits per heavy atom. The number of likely N-dealkylation sites (tertiary alicyclic amines) is 1. The molecule has 0 aliphatic carbocycles. The van der Waals surface area contributed by atoms with Gasteiger partial charge >= 0.3 is 0 Å². The Hall–Kier alpha value is -0.800. The SMILES string of the molecule is CNc1ccc(Cl)c(CN2CCC(C)C(C)C2)n1.